The second kappa shape index (κ2) is 23.1. The molecule has 0 saturated carbocycles. The zero-order valence-corrected chi connectivity index (χ0v) is 12.8. The van der Waals surface area contributed by atoms with Crippen molar-refractivity contribution in [3.05, 3.63) is 25.7 Å². The highest BCUT2D eigenvalue weighted by molar-refractivity contribution is 4.50. The normalized spacial score (nSPS) is 9.30. The minimum absolute atomic E-state index is 0.308. The quantitative estimate of drug-likeness (QED) is 0.380. The van der Waals surface area contributed by atoms with E-state index < -0.39 is 0 Å². The van der Waals surface area contributed by atoms with Crippen molar-refractivity contribution in [1.82, 2.24) is 0 Å². The fraction of sp³-hybridized carbons (Fsp3) is 0.750. The van der Waals surface area contributed by atoms with Crippen LogP contribution in [-0.2, 0) is 9.47 Å². The summed E-state index contributed by atoms with van der Waals surface area (Å²) in [5.41, 5.74) is 0. The molecule has 0 unspecified atom stereocenters. The van der Waals surface area contributed by atoms with Gasteiger partial charge in [-0.05, 0) is 38.5 Å². The number of hydrogen-bond donors (Lipinski definition) is 2. The first-order chi connectivity index (χ1) is 9.83. The van der Waals surface area contributed by atoms with Gasteiger partial charge in [0.05, 0.1) is 25.7 Å². The standard InChI is InChI=1S/2C8H16O2/c2*1-2-10-8-6-4-3-5-7-9/h2*2,9H,1,3-8H2. The van der Waals surface area contributed by atoms with Gasteiger partial charge in [-0.15, -0.1) is 0 Å². The maximum Gasteiger partial charge on any atom is 0.0873 e. The molecule has 4 heteroatoms. The molecule has 0 atom stereocenters. The van der Waals surface area contributed by atoms with Gasteiger partial charge in [-0.2, -0.15) is 0 Å². The van der Waals surface area contributed by atoms with E-state index in [0.29, 0.717) is 13.2 Å². The molecule has 4 nitrogen and oxygen atoms in total. The molecule has 0 rings (SSSR count). The van der Waals surface area contributed by atoms with Crippen LogP contribution in [0.4, 0.5) is 0 Å². The van der Waals surface area contributed by atoms with Gasteiger partial charge in [0.15, 0.2) is 0 Å². The van der Waals surface area contributed by atoms with Gasteiger partial charge in [0.1, 0.15) is 0 Å². The van der Waals surface area contributed by atoms with Crippen LogP contribution in [0.5, 0.6) is 0 Å². The van der Waals surface area contributed by atoms with Gasteiger partial charge in [-0.25, -0.2) is 0 Å². The van der Waals surface area contributed by atoms with E-state index in [9.17, 15) is 0 Å². The molecule has 0 aliphatic carbocycles. The lowest BCUT2D eigenvalue weighted by atomic mass is 10.2. The molecule has 0 heterocycles. The third-order valence-electron chi connectivity index (χ3n) is 2.58. The van der Waals surface area contributed by atoms with Gasteiger partial charge in [0.25, 0.3) is 0 Å². The Hall–Kier alpha value is -1.00. The summed E-state index contributed by atoms with van der Waals surface area (Å²) in [6.45, 7) is 9.00. The van der Waals surface area contributed by atoms with E-state index in [4.69, 9.17) is 19.7 Å². The molecule has 0 aromatic carbocycles. The van der Waals surface area contributed by atoms with Crippen LogP contribution >= 0.6 is 0 Å². The molecule has 20 heavy (non-hydrogen) atoms. The van der Waals surface area contributed by atoms with Crippen molar-refractivity contribution in [2.75, 3.05) is 26.4 Å². The molecule has 0 aliphatic heterocycles. The van der Waals surface area contributed by atoms with E-state index in [1.165, 1.54) is 12.5 Å². The van der Waals surface area contributed by atoms with Crippen molar-refractivity contribution in [1.29, 1.82) is 0 Å². The summed E-state index contributed by atoms with van der Waals surface area (Å²) in [6, 6.07) is 0. The number of aliphatic hydroxyl groups excluding tert-OH is 2. The monoisotopic (exact) mass is 288 g/mol. The second-order valence-corrected chi connectivity index (χ2v) is 4.35. The molecule has 0 aromatic heterocycles. The minimum Gasteiger partial charge on any atom is -0.502 e. The van der Waals surface area contributed by atoms with Crippen LogP contribution in [-0.4, -0.2) is 36.6 Å². The summed E-state index contributed by atoms with van der Waals surface area (Å²) < 4.78 is 9.83. The number of ether oxygens (including phenoxy) is 2. The van der Waals surface area contributed by atoms with Crippen molar-refractivity contribution >= 4 is 0 Å². The van der Waals surface area contributed by atoms with E-state index in [-0.39, 0.29) is 0 Å². The highest BCUT2D eigenvalue weighted by Crippen LogP contribution is 1.99. The third kappa shape index (κ3) is 25.8. The predicted molar refractivity (Wildman–Crippen MR) is 83.4 cm³/mol. The lowest BCUT2D eigenvalue weighted by Crippen LogP contribution is -1.88. The molecule has 0 aliphatic rings. The van der Waals surface area contributed by atoms with Gasteiger partial charge < -0.3 is 19.7 Å². The fourth-order valence-electron chi connectivity index (χ4n) is 1.47. The van der Waals surface area contributed by atoms with Gasteiger partial charge in [0, 0.05) is 13.2 Å². The van der Waals surface area contributed by atoms with Crippen LogP contribution in [0.3, 0.4) is 0 Å². The summed E-state index contributed by atoms with van der Waals surface area (Å²) in [7, 11) is 0. The number of rotatable bonds is 14. The van der Waals surface area contributed by atoms with E-state index in [2.05, 4.69) is 13.2 Å². The van der Waals surface area contributed by atoms with Crippen LogP contribution in [0, 0.1) is 0 Å². The molecule has 0 saturated heterocycles. The lowest BCUT2D eigenvalue weighted by molar-refractivity contribution is 0.237. The molecule has 0 fully saturated rings. The maximum atomic E-state index is 8.42. The number of aliphatic hydroxyl groups is 2. The van der Waals surface area contributed by atoms with E-state index in [1.807, 2.05) is 0 Å². The average molecular weight is 288 g/mol. The Labute approximate surface area is 124 Å². The van der Waals surface area contributed by atoms with E-state index in [0.717, 1.165) is 64.6 Å². The second-order valence-electron chi connectivity index (χ2n) is 4.35. The topological polar surface area (TPSA) is 58.9 Å². The number of hydrogen-bond acceptors (Lipinski definition) is 4. The first-order valence-electron chi connectivity index (χ1n) is 7.50. The largest absolute Gasteiger partial charge is 0.502 e. The summed E-state index contributed by atoms with van der Waals surface area (Å²) in [5, 5.41) is 16.8. The average Bonchev–Trinajstić information content (AvgIpc) is 2.47. The highest BCUT2D eigenvalue weighted by atomic mass is 16.5. The molecule has 0 radical (unpaired) electrons. The zero-order valence-electron chi connectivity index (χ0n) is 12.8. The SMILES string of the molecule is C=COCCCCCCO.C=COCCCCCCO. The van der Waals surface area contributed by atoms with Crippen molar-refractivity contribution in [2.45, 2.75) is 51.4 Å². The van der Waals surface area contributed by atoms with Gasteiger partial charge in [-0.3, -0.25) is 0 Å². The molecule has 120 valence electrons. The van der Waals surface area contributed by atoms with Crippen LogP contribution < -0.4 is 0 Å². The van der Waals surface area contributed by atoms with Crippen LogP contribution in [0.15, 0.2) is 25.7 Å². The Bertz CT molecular complexity index is 163. The van der Waals surface area contributed by atoms with Crippen molar-refractivity contribution in [3.8, 4) is 0 Å². The van der Waals surface area contributed by atoms with Crippen molar-refractivity contribution < 1.29 is 19.7 Å². The van der Waals surface area contributed by atoms with E-state index in [1.54, 1.807) is 0 Å². The van der Waals surface area contributed by atoms with Crippen LogP contribution in [0.2, 0.25) is 0 Å². The van der Waals surface area contributed by atoms with Crippen LogP contribution in [0.1, 0.15) is 51.4 Å². The fourth-order valence-corrected chi connectivity index (χ4v) is 1.47. The summed E-state index contributed by atoms with van der Waals surface area (Å²) in [4.78, 5) is 0. The Balaban J connectivity index is 0. The van der Waals surface area contributed by atoms with Crippen molar-refractivity contribution in [3.63, 3.8) is 0 Å². The van der Waals surface area contributed by atoms with Crippen LogP contribution in [0.25, 0.3) is 0 Å². The lowest BCUT2D eigenvalue weighted by Gasteiger charge is -1.98. The molecule has 0 amide bonds. The Morgan fingerprint density at radius 1 is 0.600 bits per heavy atom. The number of unbranched alkanes of at least 4 members (excludes halogenated alkanes) is 6. The Kier molecular flexibility index (Phi) is 24.6. The van der Waals surface area contributed by atoms with Crippen molar-refractivity contribution in [2.24, 2.45) is 0 Å². The molecule has 0 spiro atoms. The summed E-state index contributed by atoms with van der Waals surface area (Å²) >= 11 is 0. The van der Waals surface area contributed by atoms with Gasteiger partial charge in [-0.1, -0.05) is 26.0 Å². The Morgan fingerprint density at radius 2 is 0.950 bits per heavy atom. The van der Waals surface area contributed by atoms with Gasteiger partial charge in [0.2, 0.25) is 0 Å². The van der Waals surface area contributed by atoms with Gasteiger partial charge >= 0.3 is 0 Å². The summed E-state index contributed by atoms with van der Waals surface area (Å²) in [6.07, 6.45) is 11.3. The zero-order chi connectivity index (χ0) is 15.3. The molecular formula is C16H32O4. The first kappa shape index (κ1) is 21.3. The molecule has 2 N–H and O–H groups in total. The first-order valence-corrected chi connectivity index (χ1v) is 7.50. The highest BCUT2D eigenvalue weighted by Gasteiger charge is 1.87. The third-order valence-corrected chi connectivity index (χ3v) is 2.58. The summed E-state index contributed by atoms with van der Waals surface area (Å²) in [5.74, 6) is 0. The molecule has 0 aromatic rings. The van der Waals surface area contributed by atoms with E-state index >= 15 is 0 Å². The molecule has 0 bridgehead atoms. The smallest absolute Gasteiger partial charge is 0.0873 e. The molecular weight excluding hydrogens is 256 g/mol. The predicted octanol–water partition coefficient (Wildman–Crippen LogP) is 3.40. The minimum atomic E-state index is 0.308. The maximum absolute atomic E-state index is 8.42. The Morgan fingerprint density at radius 3 is 1.25 bits per heavy atom.